The van der Waals surface area contributed by atoms with Crippen molar-refractivity contribution in [2.75, 3.05) is 0 Å². The van der Waals surface area contributed by atoms with E-state index in [9.17, 15) is 13.6 Å². The van der Waals surface area contributed by atoms with Gasteiger partial charge in [0.2, 0.25) is 0 Å². The molecule has 0 atom stereocenters. The van der Waals surface area contributed by atoms with Gasteiger partial charge in [0.1, 0.15) is 0 Å². The summed E-state index contributed by atoms with van der Waals surface area (Å²) in [5, 5.41) is 0.386. The lowest BCUT2D eigenvalue weighted by atomic mass is 9.99. The molecule has 3 rings (SSSR count). The molecule has 4 heteroatoms. The maximum Gasteiger partial charge on any atom is 0.182 e. The van der Waals surface area contributed by atoms with Crippen LogP contribution in [0.3, 0.4) is 0 Å². The molecule has 0 amide bonds. The minimum absolute atomic E-state index is 0.0186. The molecule has 1 aromatic heterocycles. The van der Waals surface area contributed by atoms with E-state index in [1.165, 1.54) is 11.6 Å². The summed E-state index contributed by atoms with van der Waals surface area (Å²) in [7, 11) is 0. The second kappa shape index (κ2) is 5.37. The molecule has 0 fully saturated rings. The predicted octanol–water partition coefficient (Wildman–Crippen LogP) is 5.05. The summed E-state index contributed by atoms with van der Waals surface area (Å²) in [6, 6.07) is 10.1. The summed E-state index contributed by atoms with van der Waals surface area (Å²) in [6.07, 6.45) is 0.669. The largest absolute Gasteiger partial charge is 0.351 e. The fraction of sp³-hybridized carbons (Fsp3) is 0.167. The molecule has 3 aromatic rings. The topological polar surface area (TPSA) is 32.9 Å². The zero-order valence-electron chi connectivity index (χ0n) is 12.3. The zero-order chi connectivity index (χ0) is 15.9. The van der Waals surface area contributed by atoms with Crippen molar-refractivity contribution < 1.29 is 13.6 Å². The minimum atomic E-state index is -0.967. The van der Waals surface area contributed by atoms with Crippen LogP contribution in [0.2, 0.25) is 0 Å². The van der Waals surface area contributed by atoms with Crippen molar-refractivity contribution in [3.63, 3.8) is 0 Å². The Labute approximate surface area is 126 Å². The number of aromatic amines is 1. The van der Waals surface area contributed by atoms with Gasteiger partial charge in [-0.3, -0.25) is 4.79 Å². The molecule has 22 heavy (non-hydrogen) atoms. The molecular weight excluding hydrogens is 284 g/mol. The van der Waals surface area contributed by atoms with E-state index in [0.717, 1.165) is 11.6 Å². The number of benzene rings is 2. The first kappa shape index (κ1) is 14.4. The second-order valence-corrected chi connectivity index (χ2v) is 5.59. The number of hydrogen-bond acceptors (Lipinski definition) is 1. The second-order valence-electron chi connectivity index (χ2n) is 5.59. The minimum Gasteiger partial charge on any atom is -0.351 e. The molecule has 0 aliphatic carbocycles. The Bertz CT molecular complexity index is 848. The van der Waals surface area contributed by atoms with Gasteiger partial charge in [-0.25, -0.2) is 8.78 Å². The fourth-order valence-electron chi connectivity index (χ4n) is 2.61. The van der Waals surface area contributed by atoms with E-state index in [1.54, 1.807) is 0 Å². The van der Waals surface area contributed by atoms with Gasteiger partial charge in [0.15, 0.2) is 17.9 Å². The highest BCUT2D eigenvalue weighted by molar-refractivity contribution is 6.04. The van der Waals surface area contributed by atoms with Crippen molar-refractivity contribution >= 4 is 17.2 Å². The van der Waals surface area contributed by atoms with Crippen LogP contribution in [0.5, 0.6) is 0 Å². The predicted molar refractivity (Wildman–Crippen MR) is 83.1 cm³/mol. The number of carbonyl (C=O) groups is 1. The van der Waals surface area contributed by atoms with Gasteiger partial charge in [0, 0.05) is 10.9 Å². The van der Waals surface area contributed by atoms with Crippen molar-refractivity contribution in [2.45, 2.75) is 19.8 Å². The van der Waals surface area contributed by atoms with Gasteiger partial charge in [-0.15, -0.1) is 0 Å². The molecule has 0 unspecified atom stereocenters. The average molecular weight is 299 g/mol. The molecule has 0 spiro atoms. The van der Waals surface area contributed by atoms with Gasteiger partial charge in [0.05, 0.1) is 11.2 Å². The lowest BCUT2D eigenvalue weighted by Crippen LogP contribution is -1.88. The Morgan fingerprint density at radius 1 is 1.05 bits per heavy atom. The van der Waals surface area contributed by atoms with E-state index in [-0.39, 0.29) is 5.52 Å². The molecule has 2 nitrogen and oxygen atoms in total. The molecular formula is C18H15F2NO. The van der Waals surface area contributed by atoms with Crippen LogP contribution < -0.4 is 0 Å². The first-order valence-electron chi connectivity index (χ1n) is 7.08. The average Bonchev–Trinajstić information content (AvgIpc) is 2.90. The number of aldehydes is 1. The highest BCUT2D eigenvalue weighted by atomic mass is 19.2. The maximum atomic E-state index is 13.9. The molecule has 0 saturated heterocycles. The van der Waals surface area contributed by atoms with Crippen LogP contribution in [0.25, 0.3) is 22.2 Å². The summed E-state index contributed by atoms with van der Waals surface area (Å²) in [5.41, 5.74) is 2.80. The van der Waals surface area contributed by atoms with Crippen LogP contribution in [0, 0.1) is 11.6 Å². The van der Waals surface area contributed by atoms with Crippen LogP contribution in [-0.4, -0.2) is 11.3 Å². The molecule has 0 aliphatic rings. The van der Waals surface area contributed by atoms with Crippen LogP contribution in [0.1, 0.15) is 35.7 Å². The van der Waals surface area contributed by atoms with E-state index in [4.69, 9.17) is 0 Å². The lowest BCUT2D eigenvalue weighted by molar-refractivity contribution is 0.112. The van der Waals surface area contributed by atoms with Crippen molar-refractivity contribution in [2.24, 2.45) is 0 Å². The number of carbonyl (C=O) groups excluding carboxylic acids is 1. The van der Waals surface area contributed by atoms with E-state index >= 15 is 0 Å². The first-order valence-corrected chi connectivity index (χ1v) is 7.08. The summed E-state index contributed by atoms with van der Waals surface area (Å²) < 4.78 is 27.2. The Kier molecular flexibility index (Phi) is 3.53. The fourth-order valence-corrected chi connectivity index (χ4v) is 2.61. The normalized spacial score (nSPS) is 11.3. The standard InChI is InChI=1S/C18H15F2NO/c1-10(2)11-3-5-12(6-4-11)17-14(9-22)13-7-8-15(19)16(20)18(13)21-17/h3-10,21H,1-2H3. The maximum absolute atomic E-state index is 13.9. The number of H-pyrrole nitrogens is 1. The van der Waals surface area contributed by atoms with Crippen LogP contribution in [0.4, 0.5) is 8.78 Å². The number of hydrogen-bond donors (Lipinski definition) is 1. The van der Waals surface area contributed by atoms with Gasteiger partial charge in [-0.05, 0) is 29.2 Å². The van der Waals surface area contributed by atoms with Crippen LogP contribution >= 0.6 is 0 Å². The van der Waals surface area contributed by atoms with Crippen molar-refractivity contribution in [1.29, 1.82) is 0 Å². The highest BCUT2D eigenvalue weighted by Crippen LogP contribution is 2.32. The molecule has 0 aliphatic heterocycles. The zero-order valence-corrected chi connectivity index (χ0v) is 12.3. The number of halogens is 2. The van der Waals surface area contributed by atoms with Gasteiger partial charge >= 0.3 is 0 Å². The van der Waals surface area contributed by atoms with Crippen molar-refractivity contribution in [1.82, 2.24) is 4.98 Å². The smallest absolute Gasteiger partial charge is 0.182 e. The van der Waals surface area contributed by atoms with E-state index in [2.05, 4.69) is 18.8 Å². The molecule has 1 N–H and O–H groups in total. The van der Waals surface area contributed by atoms with Crippen molar-refractivity contribution in [3.8, 4) is 11.3 Å². The first-order chi connectivity index (χ1) is 10.5. The third-order valence-electron chi connectivity index (χ3n) is 3.89. The van der Waals surface area contributed by atoms with Gasteiger partial charge in [-0.2, -0.15) is 0 Å². The van der Waals surface area contributed by atoms with E-state index < -0.39 is 11.6 Å². The number of fused-ring (bicyclic) bond motifs is 1. The Hall–Kier alpha value is -2.49. The highest BCUT2D eigenvalue weighted by Gasteiger charge is 2.17. The summed E-state index contributed by atoms with van der Waals surface area (Å²) in [4.78, 5) is 14.3. The monoisotopic (exact) mass is 299 g/mol. The van der Waals surface area contributed by atoms with E-state index in [0.29, 0.717) is 28.8 Å². The molecule has 2 aromatic carbocycles. The molecule has 0 radical (unpaired) electrons. The molecule has 0 bridgehead atoms. The molecule has 1 heterocycles. The molecule has 112 valence electrons. The third kappa shape index (κ3) is 2.21. The Morgan fingerprint density at radius 3 is 2.32 bits per heavy atom. The number of nitrogens with one attached hydrogen (secondary N) is 1. The summed E-state index contributed by atoms with van der Waals surface area (Å²) >= 11 is 0. The number of rotatable bonds is 3. The van der Waals surface area contributed by atoms with Crippen LogP contribution in [-0.2, 0) is 0 Å². The van der Waals surface area contributed by atoms with E-state index in [1.807, 2.05) is 24.3 Å². The quantitative estimate of drug-likeness (QED) is 0.674. The Morgan fingerprint density at radius 2 is 1.73 bits per heavy atom. The SMILES string of the molecule is CC(C)c1ccc(-c2[nH]c3c(F)c(F)ccc3c2C=O)cc1. The van der Waals surface area contributed by atoms with Gasteiger partial charge < -0.3 is 4.98 Å². The van der Waals surface area contributed by atoms with Gasteiger partial charge in [0.25, 0.3) is 0 Å². The molecule has 0 saturated carbocycles. The van der Waals surface area contributed by atoms with Crippen LogP contribution in [0.15, 0.2) is 36.4 Å². The summed E-state index contributed by atoms with van der Waals surface area (Å²) in [5.74, 6) is -1.51. The third-order valence-corrected chi connectivity index (χ3v) is 3.89. The Balaban J connectivity index is 2.22. The summed E-state index contributed by atoms with van der Waals surface area (Å²) in [6.45, 7) is 4.18. The van der Waals surface area contributed by atoms with Crippen molar-refractivity contribution in [3.05, 3.63) is 59.2 Å². The van der Waals surface area contributed by atoms with Gasteiger partial charge in [-0.1, -0.05) is 38.1 Å². The lowest BCUT2D eigenvalue weighted by Gasteiger charge is -2.06. The number of aromatic nitrogens is 1.